The van der Waals surface area contributed by atoms with Gasteiger partial charge in [0.1, 0.15) is 5.82 Å². The zero-order chi connectivity index (χ0) is 16.4. The molecule has 4 rings (SSSR count). The number of rotatable bonds is 3. The summed E-state index contributed by atoms with van der Waals surface area (Å²) >= 11 is 0. The Morgan fingerprint density at radius 2 is 1.83 bits per heavy atom. The minimum Gasteiger partial charge on any atom is -0.297 e. The number of anilines is 1. The van der Waals surface area contributed by atoms with E-state index in [9.17, 15) is 4.79 Å². The number of carbonyl (C=O) groups excluding carboxylic acids is 1. The van der Waals surface area contributed by atoms with Crippen molar-refractivity contribution in [2.75, 3.05) is 11.4 Å². The van der Waals surface area contributed by atoms with E-state index in [1.807, 2.05) is 23.1 Å². The van der Waals surface area contributed by atoms with Gasteiger partial charge in [-0.2, -0.15) is 5.10 Å². The molecule has 5 heteroatoms. The molecule has 1 aliphatic carbocycles. The van der Waals surface area contributed by atoms with Gasteiger partial charge in [0.2, 0.25) is 5.91 Å². The van der Waals surface area contributed by atoms with Crippen molar-refractivity contribution in [1.29, 1.82) is 0 Å². The zero-order valence-corrected chi connectivity index (χ0v) is 13.9. The third kappa shape index (κ3) is 3.07. The number of piperidine rings is 1. The molecule has 2 aromatic rings. The van der Waals surface area contributed by atoms with Gasteiger partial charge in [0, 0.05) is 37.0 Å². The average Bonchev–Trinajstić information content (AvgIpc) is 3.13. The Morgan fingerprint density at radius 3 is 2.58 bits per heavy atom. The lowest BCUT2D eigenvalue weighted by atomic mass is 9.75. The van der Waals surface area contributed by atoms with Crippen molar-refractivity contribution in [2.24, 2.45) is 11.8 Å². The molecule has 1 N–H and O–H groups in total. The van der Waals surface area contributed by atoms with Crippen molar-refractivity contribution in [1.82, 2.24) is 15.2 Å². The third-order valence-electron chi connectivity index (χ3n) is 5.61. The Balaban J connectivity index is 1.44. The second-order valence-electron chi connectivity index (χ2n) is 7.07. The number of nitrogens with zero attached hydrogens (tertiary/aromatic N) is 3. The summed E-state index contributed by atoms with van der Waals surface area (Å²) in [6.07, 6.45) is 12.0. The van der Waals surface area contributed by atoms with Gasteiger partial charge in [-0.3, -0.25) is 19.8 Å². The summed E-state index contributed by atoms with van der Waals surface area (Å²) in [5, 5.41) is 7.39. The molecule has 1 atom stereocenters. The van der Waals surface area contributed by atoms with Crippen molar-refractivity contribution in [2.45, 2.75) is 44.9 Å². The van der Waals surface area contributed by atoms with Crippen LogP contribution in [0.1, 0.15) is 44.9 Å². The Bertz CT molecular complexity index is 690. The third-order valence-corrected chi connectivity index (χ3v) is 5.61. The molecular formula is C19H24N4O. The molecule has 126 valence electrons. The molecule has 2 fully saturated rings. The summed E-state index contributed by atoms with van der Waals surface area (Å²) in [4.78, 5) is 18.6. The normalized spacial score (nSPS) is 22.8. The number of pyridine rings is 1. The number of aromatic nitrogens is 3. The van der Waals surface area contributed by atoms with Gasteiger partial charge < -0.3 is 0 Å². The quantitative estimate of drug-likeness (QED) is 0.934. The molecular weight excluding hydrogens is 300 g/mol. The molecule has 2 aliphatic rings. The number of nitrogens with one attached hydrogen (secondary N) is 1. The van der Waals surface area contributed by atoms with Crippen molar-refractivity contribution >= 4 is 11.7 Å². The number of amides is 1. The van der Waals surface area contributed by atoms with Crippen LogP contribution in [0.25, 0.3) is 11.3 Å². The van der Waals surface area contributed by atoms with Gasteiger partial charge in [0.05, 0.1) is 5.69 Å². The van der Waals surface area contributed by atoms with E-state index in [2.05, 4.69) is 15.2 Å². The molecule has 1 unspecified atom stereocenters. The number of aromatic amines is 1. The molecule has 0 spiro atoms. The van der Waals surface area contributed by atoms with E-state index in [1.54, 1.807) is 12.4 Å². The van der Waals surface area contributed by atoms with Crippen LogP contribution in [0.5, 0.6) is 0 Å². The van der Waals surface area contributed by atoms with Crippen LogP contribution in [0.3, 0.4) is 0 Å². The summed E-state index contributed by atoms with van der Waals surface area (Å²) < 4.78 is 0. The number of carbonyl (C=O) groups is 1. The van der Waals surface area contributed by atoms with Gasteiger partial charge in [-0.25, -0.2) is 0 Å². The molecule has 5 nitrogen and oxygen atoms in total. The van der Waals surface area contributed by atoms with Gasteiger partial charge in [-0.15, -0.1) is 0 Å². The van der Waals surface area contributed by atoms with Crippen LogP contribution < -0.4 is 4.90 Å². The molecule has 2 aromatic heterocycles. The highest BCUT2D eigenvalue weighted by molar-refractivity contribution is 5.93. The molecule has 0 radical (unpaired) electrons. The van der Waals surface area contributed by atoms with Crippen LogP contribution in [0.15, 0.2) is 30.6 Å². The Kier molecular flexibility index (Phi) is 4.32. The highest BCUT2D eigenvalue weighted by Crippen LogP contribution is 2.37. The zero-order valence-electron chi connectivity index (χ0n) is 13.9. The van der Waals surface area contributed by atoms with Crippen LogP contribution in [0, 0.1) is 11.8 Å². The highest BCUT2D eigenvalue weighted by atomic mass is 16.2. The predicted molar refractivity (Wildman–Crippen MR) is 93.5 cm³/mol. The second kappa shape index (κ2) is 6.75. The van der Waals surface area contributed by atoms with Gasteiger partial charge in [-0.05, 0) is 30.4 Å². The van der Waals surface area contributed by atoms with Gasteiger partial charge in [-0.1, -0.05) is 32.1 Å². The average molecular weight is 324 g/mol. The lowest BCUT2D eigenvalue weighted by Crippen LogP contribution is -2.41. The van der Waals surface area contributed by atoms with E-state index in [0.29, 0.717) is 12.3 Å². The Hall–Kier alpha value is -2.17. The summed E-state index contributed by atoms with van der Waals surface area (Å²) in [6.45, 7) is 0.804. The largest absolute Gasteiger partial charge is 0.297 e. The fraction of sp³-hybridized carbons (Fsp3) is 0.526. The van der Waals surface area contributed by atoms with Gasteiger partial charge >= 0.3 is 0 Å². The summed E-state index contributed by atoms with van der Waals surface area (Å²) in [5.41, 5.74) is 1.87. The molecule has 1 saturated heterocycles. The van der Waals surface area contributed by atoms with Crippen LogP contribution in [0.2, 0.25) is 0 Å². The lowest BCUT2D eigenvalue weighted by molar-refractivity contribution is -0.121. The Morgan fingerprint density at radius 1 is 1.04 bits per heavy atom. The van der Waals surface area contributed by atoms with Crippen molar-refractivity contribution in [3.8, 4) is 11.3 Å². The number of hydrogen-bond donors (Lipinski definition) is 1. The maximum Gasteiger partial charge on any atom is 0.228 e. The summed E-state index contributed by atoms with van der Waals surface area (Å²) in [7, 11) is 0. The van der Waals surface area contributed by atoms with E-state index < -0.39 is 0 Å². The predicted octanol–water partition coefficient (Wildman–Crippen LogP) is 3.80. The minimum atomic E-state index is 0.238. The van der Waals surface area contributed by atoms with E-state index in [-0.39, 0.29) is 5.91 Å². The van der Waals surface area contributed by atoms with Gasteiger partial charge in [0.15, 0.2) is 0 Å². The van der Waals surface area contributed by atoms with E-state index >= 15 is 0 Å². The Labute approximate surface area is 142 Å². The lowest BCUT2D eigenvalue weighted by Gasteiger charge is -2.36. The number of hydrogen-bond acceptors (Lipinski definition) is 3. The van der Waals surface area contributed by atoms with E-state index in [4.69, 9.17) is 0 Å². The first-order chi connectivity index (χ1) is 11.8. The second-order valence-corrected chi connectivity index (χ2v) is 7.07. The monoisotopic (exact) mass is 324 g/mol. The molecule has 1 aliphatic heterocycles. The first-order valence-corrected chi connectivity index (χ1v) is 9.07. The van der Waals surface area contributed by atoms with Crippen molar-refractivity contribution in [3.05, 3.63) is 30.6 Å². The van der Waals surface area contributed by atoms with Crippen molar-refractivity contribution in [3.63, 3.8) is 0 Å². The topological polar surface area (TPSA) is 61.9 Å². The van der Waals surface area contributed by atoms with Crippen LogP contribution in [-0.2, 0) is 4.79 Å². The molecule has 24 heavy (non-hydrogen) atoms. The standard InChI is InChI=1S/C19H24N4O/c24-19-12-16(14-4-2-1-3-5-14)8-11-23(19)18-13-17(21-22-18)15-6-9-20-10-7-15/h6-7,9-10,13-14,16H,1-5,8,11-12H2,(H,21,22). The molecule has 0 aromatic carbocycles. The molecule has 3 heterocycles. The van der Waals surface area contributed by atoms with Gasteiger partial charge in [0.25, 0.3) is 0 Å². The maximum atomic E-state index is 12.7. The minimum absolute atomic E-state index is 0.238. The SMILES string of the molecule is O=C1CC(C2CCCCC2)CCN1c1cc(-c2ccncc2)n[nH]1. The first kappa shape index (κ1) is 15.4. The van der Waals surface area contributed by atoms with Crippen LogP contribution in [0.4, 0.5) is 5.82 Å². The van der Waals surface area contributed by atoms with E-state index in [0.717, 1.165) is 36.0 Å². The molecule has 1 saturated carbocycles. The smallest absolute Gasteiger partial charge is 0.228 e. The highest BCUT2D eigenvalue weighted by Gasteiger charge is 2.33. The number of H-pyrrole nitrogens is 1. The fourth-order valence-electron chi connectivity index (χ4n) is 4.24. The van der Waals surface area contributed by atoms with Crippen molar-refractivity contribution < 1.29 is 4.79 Å². The maximum absolute atomic E-state index is 12.7. The molecule has 0 bridgehead atoms. The summed E-state index contributed by atoms with van der Waals surface area (Å²) in [6, 6.07) is 5.82. The first-order valence-electron chi connectivity index (χ1n) is 9.07. The fourth-order valence-corrected chi connectivity index (χ4v) is 4.24. The summed E-state index contributed by atoms with van der Waals surface area (Å²) in [5.74, 6) is 2.39. The molecule has 1 amide bonds. The van der Waals surface area contributed by atoms with Crippen LogP contribution >= 0.6 is 0 Å². The van der Waals surface area contributed by atoms with E-state index in [1.165, 1.54) is 32.1 Å². The van der Waals surface area contributed by atoms with Crippen LogP contribution in [-0.4, -0.2) is 27.6 Å².